The Morgan fingerprint density at radius 1 is 1.03 bits per heavy atom. The van der Waals surface area contributed by atoms with Gasteiger partial charge in [-0.05, 0) is 59.0 Å². The van der Waals surface area contributed by atoms with E-state index in [1.807, 2.05) is 48.7 Å². The van der Waals surface area contributed by atoms with E-state index in [0.29, 0.717) is 21.2 Å². The number of carbonyl (C=O) groups is 1. The maximum atomic E-state index is 12.6. The Hall–Kier alpha value is -2.82. The summed E-state index contributed by atoms with van der Waals surface area (Å²) in [5, 5.41) is 1.58. The van der Waals surface area contributed by atoms with Crippen molar-refractivity contribution in [3.8, 4) is 16.9 Å². The molecule has 0 atom stereocenters. The zero-order valence-corrected chi connectivity index (χ0v) is 18.2. The number of para-hydroxylation sites is 1. The SMILES string of the molecule is CC(C)c1cnc2c(Cl)cccc2c1-c1cccc(OC(=O)c2cccc(S)c2)c1. The van der Waals surface area contributed by atoms with Crippen LogP contribution in [0.4, 0.5) is 0 Å². The summed E-state index contributed by atoms with van der Waals surface area (Å²) in [6.07, 6.45) is 1.88. The highest BCUT2D eigenvalue weighted by molar-refractivity contribution is 7.80. The molecule has 4 aromatic rings. The van der Waals surface area contributed by atoms with Gasteiger partial charge in [0.25, 0.3) is 0 Å². The van der Waals surface area contributed by atoms with Crippen LogP contribution in [0.5, 0.6) is 5.75 Å². The lowest BCUT2D eigenvalue weighted by Crippen LogP contribution is -2.08. The van der Waals surface area contributed by atoms with Crippen molar-refractivity contribution in [1.82, 2.24) is 4.98 Å². The molecule has 0 amide bonds. The van der Waals surface area contributed by atoms with Gasteiger partial charge in [-0.25, -0.2) is 4.79 Å². The predicted octanol–water partition coefficient (Wildman–Crippen LogP) is 7.19. The summed E-state index contributed by atoms with van der Waals surface area (Å²) in [4.78, 5) is 17.9. The van der Waals surface area contributed by atoms with E-state index < -0.39 is 5.97 Å². The first-order valence-electron chi connectivity index (χ1n) is 9.63. The van der Waals surface area contributed by atoms with E-state index >= 15 is 0 Å². The summed E-state index contributed by atoms with van der Waals surface area (Å²) in [6, 6.07) is 20.3. The number of benzene rings is 3. The number of ether oxygens (including phenoxy) is 1. The summed E-state index contributed by atoms with van der Waals surface area (Å²) in [5.41, 5.74) is 4.31. The number of rotatable bonds is 4. The van der Waals surface area contributed by atoms with E-state index in [1.54, 1.807) is 24.3 Å². The van der Waals surface area contributed by atoms with Gasteiger partial charge in [-0.1, -0.05) is 55.8 Å². The first-order chi connectivity index (χ1) is 14.4. The third kappa shape index (κ3) is 4.07. The smallest absolute Gasteiger partial charge is 0.343 e. The molecule has 0 aliphatic heterocycles. The Balaban J connectivity index is 1.79. The molecule has 0 bridgehead atoms. The van der Waals surface area contributed by atoms with Crippen LogP contribution >= 0.6 is 24.2 Å². The molecular formula is C25H20ClNO2S. The van der Waals surface area contributed by atoms with Crippen molar-refractivity contribution in [2.45, 2.75) is 24.7 Å². The molecular weight excluding hydrogens is 414 g/mol. The van der Waals surface area contributed by atoms with Crippen LogP contribution in [0.25, 0.3) is 22.0 Å². The summed E-state index contributed by atoms with van der Waals surface area (Å²) in [7, 11) is 0. The Labute approximate surface area is 186 Å². The number of halogens is 1. The van der Waals surface area contributed by atoms with Crippen LogP contribution in [0.15, 0.2) is 77.8 Å². The highest BCUT2D eigenvalue weighted by Crippen LogP contribution is 2.38. The van der Waals surface area contributed by atoms with Gasteiger partial charge in [-0.2, -0.15) is 0 Å². The van der Waals surface area contributed by atoms with Crippen LogP contribution in [0, 0.1) is 0 Å². The molecule has 3 nitrogen and oxygen atoms in total. The maximum Gasteiger partial charge on any atom is 0.343 e. The van der Waals surface area contributed by atoms with Gasteiger partial charge in [0.1, 0.15) is 5.75 Å². The fraction of sp³-hybridized carbons (Fsp3) is 0.120. The standard InChI is InChI=1S/C25H20ClNO2S/c1-15(2)21-14-27-24-20(10-5-11-22(24)26)23(21)16-6-3-8-18(12-16)29-25(28)17-7-4-9-19(30)13-17/h3-15,30H,1-2H3. The number of aromatic nitrogens is 1. The van der Waals surface area contributed by atoms with E-state index in [0.717, 1.165) is 27.6 Å². The summed E-state index contributed by atoms with van der Waals surface area (Å²) < 4.78 is 5.64. The number of thiol groups is 1. The molecule has 1 aromatic heterocycles. The number of hydrogen-bond donors (Lipinski definition) is 1. The zero-order valence-electron chi connectivity index (χ0n) is 16.6. The van der Waals surface area contributed by atoms with Crippen molar-refractivity contribution in [3.05, 3.63) is 89.1 Å². The second-order valence-electron chi connectivity index (χ2n) is 7.35. The average Bonchev–Trinajstić information content (AvgIpc) is 2.73. The molecule has 0 spiro atoms. The van der Waals surface area contributed by atoms with Gasteiger partial charge < -0.3 is 4.74 Å². The Morgan fingerprint density at radius 2 is 1.80 bits per heavy atom. The van der Waals surface area contributed by atoms with Crippen LogP contribution in [-0.4, -0.2) is 11.0 Å². The number of hydrogen-bond acceptors (Lipinski definition) is 4. The lowest BCUT2D eigenvalue weighted by atomic mass is 9.91. The first kappa shape index (κ1) is 20.5. The molecule has 0 radical (unpaired) electrons. The van der Waals surface area contributed by atoms with Gasteiger partial charge >= 0.3 is 5.97 Å². The van der Waals surface area contributed by atoms with E-state index in [4.69, 9.17) is 16.3 Å². The van der Waals surface area contributed by atoms with Crippen LogP contribution in [-0.2, 0) is 0 Å². The second kappa shape index (κ2) is 8.50. The third-order valence-electron chi connectivity index (χ3n) is 4.91. The molecule has 0 aliphatic carbocycles. The molecule has 0 N–H and O–H groups in total. The minimum atomic E-state index is -0.422. The molecule has 0 fully saturated rings. The van der Waals surface area contributed by atoms with E-state index in [-0.39, 0.29) is 5.92 Å². The fourth-order valence-electron chi connectivity index (χ4n) is 3.48. The summed E-state index contributed by atoms with van der Waals surface area (Å²) in [5.74, 6) is 0.318. The molecule has 0 unspecified atom stereocenters. The van der Waals surface area contributed by atoms with E-state index in [9.17, 15) is 4.79 Å². The molecule has 0 saturated heterocycles. The van der Waals surface area contributed by atoms with Crippen molar-refractivity contribution in [2.24, 2.45) is 0 Å². The lowest BCUT2D eigenvalue weighted by molar-refractivity contribution is 0.0734. The summed E-state index contributed by atoms with van der Waals surface area (Å²) in [6.45, 7) is 4.26. The largest absolute Gasteiger partial charge is 0.423 e. The van der Waals surface area contributed by atoms with Crippen LogP contribution in [0.2, 0.25) is 5.02 Å². The molecule has 1 heterocycles. The van der Waals surface area contributed by atoms with Crippen molar-refractivity contribution in [2.75, 3.05) is 0 Å². The molecule has 0 aliphatic rings. The Kier molecular flexibility index (Phi) is 5.80. The molecule has 150 valence electrons. The highest BCUT2D eigenvalue weighted by atomic mass is 35.5. The Morgan fingerprint density at radius 3 is 2.57 bits per heavy atom. The Bertz CT molecular complexity index is 1250. The number of nitrogens with zero attached hydrogens (tertiary/aromatic N) is 1. The quantitative estimate of drug-likeness (QED) is 0.210. The van der Waals surface area contributed by atoms with Crippen LogP contribution < -0.4 is 4.74 Å². The van der Waals surface area contributed by atoms with Gasteiger partial charge in [0.05, 0.1) is 16.1 Å². The summed E-state index contributed by atoms with van der Waals surface area (Å²) >= 11 is 10.7. The van der Waals surface area contributed by atoms with Crippen molar-refractivity contribution >= 4 is 41.1 Å². The van der Waals surface area contributed by atoms with Crippen molar-refractivity contribution < 1.29 is 9.53 Å². The first-order valence-corrected chi connectivity index (χ1v) is 10.5. The van der Waals surface area contributed by atoms with Gasteiger partial charge in [0.2, 0.25) is 0 Å². The second-order valence-corrected chi connectivity index (χ2v) is 8.27. The monoisotopic (exact) mass is 433 g/mol. The topological polar surface area (TPSA) is 39.2 Å². The van der Waals surface area contributed by atoms with Crippen LogP contribution in [0.3, 0.4) is 0 Å². The molecule has 3 aromatic carbocycles. The average molecular weight is 434 g/mol. The van der Waals surface area contributed by atoms with Gasteiger partial charge in [-0.3, -0.25) is 4.98 Å². The van der Waals surface area contributed by atoms with Gasteiger partial charge in [0.15, 0.2) is 0 Å². The fourth-order valence-corrected chi connectivity index (χ4v) is 3.92. The van der Waals surface area contributed by atoms with Gasteiger partial charge in [-0.15, -0.1) is 12.6 Å². The number of carbonyl (C=O) groups excluding carboxylic acids is 1. The highest BCUT2D eigenvalue weighted by Gasteiger charge is 2.16. The minimum absolute atomic E-state index is 0.264. The molecule has 30 heavy (non-hydrogen) atoms. The minimum Gasteiger partial charge on any atom is -0.423 e. The number of fused-ring (bicyclic) bond motifs is 1. The lowest BCUT2D eigenvalue weighted by Gasteiger charge is -2.17. The van der Waals surface area contributed by atoms with Crippen molar-refractivity contribution in [3.63, 3.8) is 0 Å². The number of esters is 1. The maximum absolute atomic E-state index is 12.6. The predicted molar refractivity (Wildman–Crippen MR) is 125 cm³/mol. The normalized spacial score (nSPS) is 11.1. The van der Waals surface area contributed by atoms with Crippen molar-refractivity contribution in [1.29, 1.82) is 0 Å². The van der Waals surface area contributed by atoms with Gasteiger partial charge in [0, 0.05) is 16.5 Å². The zero-order chi connectivity index (χ0) is 21.3. The molecule has 5 heteroatoms. The third-order valence-corrected chi connectivity index (χ3v) is 5.50. The van der Waals surface area contributed by atoms with Crippen LogP contribution in [0.1, 0.15) is 35.7 Å². The molecule has 4 rings (SSSR count). The van der Waals surface area contributed by atoms with E-state index in [1.165, 1.54) is 0 Å². The molecule has 0 saturated carbocycles. The number of pyridine rings is 1. The van der Waals surface area contributed by atoms with E-state index in [2.05, 4.69) is 31.5 Å².